The first-order valence-electron chi connectivity index (χ1n) is 11.8. The molecule has 0 atom stereocenters. The average Bonchev–Trinajstić information content (AvgIpc) is 2.80. The number of benzene rings is 2. The third kappa shape index (κ3) is 6.99. The monoisotopic (exact) mass is 402 g/mol. The van der Waals surface area contributed by atoms with Gasteiger partial charge >= 0.3 is 0 Å². The molecule has 1 fully saturated rings. The van der Waals surface area contributed by atoms with E-state index in [1.165, 1.54) is 60.8 Å². The van der Waals surface area contributed by atoms with Crippen LogP contribution in [0.2, 0.25) is 0 Å². The van der Waals surface area contributed by atoms with Crippen molar-refractivity contribution in [2.45, 2.75) is 71.3 Å². The highest BCUT2D eigenvalue weighted by Gasteiger charge is 2.21. The molecule has 3 rings (SSSR count). The average molecular weight is 403 g/mol. The minimum Gasteiger partial charge on any atom is -0.373 e. The molecule has 0 aliphatic heterocycles. The second kappa shape index (κ2) is 12.5. The standard InChI is InChI=1S/C29H38O/c1-3-5-7-9-24-10-14-26(15-11-24)28-18-20-29(21-19-28)27-16-12-25(13-17-27)23-30-22-8-6-4-2/h3,5-6,8,12-13,16-21,24,26H,4,7,9-11,14-15,22-23H2,1-2H3/b5-3+,8-6+. The zero-order valence-electron chi connectivity index (χ0n) is 18.9. The van der Waals surface area contributed by atoms with Crippen LogP contribution in [0.3, 0.4) is 0 Å². The van der Waals surface area contributed by atoms with E-state index in [0.29, 0.717) is 13.2 Å². The van der Waals surface area contributed by atoms with Gasteiger partial charge < -0.3 is 4.74 Å². The Morgan fingerprint density at radius 1 is 0.833 bits per heavy atom. The first kappa shape index (κ1) is 22.6. The van der Waals surface area contributed by atoms with Crippen LogP contribution in [0.5, 0.6) is 0 Å². The van der Waals surface area contributed by atoms with Gasteiger partial charge in [0, 0.05) is 0 Å². The van der Waals surface area contributed by atoms with Crippen molar-refractivity contribution in [1.82, 2.24) is 0 Å². The van der Waals surface area contributed by atoms with Gasteiger partial charge in [-0.05, 0) is 86.0 Å². The number of rotatable bonds is 10. The summed E-state index contributed by atoms with van der Waals surface area (Å²) in [5.74, 6) is 1.68. The van der Waals surface area contributed by atoms with Crippen molar-refractivity contribution < 1.29 is 4.74 Å². The lowest BCUT2D eigenvalue weighted by atomic mass is 9.77. The highest BCUT2D eigenvalue weighted by atomic mass is 16.5. The Morgan fingerprint density at radius 3 is 2.13 bits per heavy atom. The smallest absolute Gasteiger partial charge is 0.0721 e. The Hall–Kier alpha value is -2.12. The molecule has 0 bridgehead atoms. The van der Waals surface area contributed by atoms with Crippen LogP contribution in [-0.4, -0.2) is 6.61 Å². The Balaban J connectivity index is 1.49. The lowest BCUT2D eigenvalue weighted by molar-refractivity contribution is 0.148. The molecular formula is C29H38O. The van der Waals surface area contributed by atoms with Crippen LogP contribution in [0.1, 0.15) is 75.8 Å². The fourth-order valence-corrected chi connectivity index (χ4v) is 4.50. The molecular weight excluding hydrogens is 364 g/mol. The molecule has 0 radical (unpaired) electrons. The summed E-state index contributed by atoms with van der Waals surface area (Å²) in [4.78, 5) is 0. The van der Waals surface area contributed by atoms with Gasteiger partial charge in [0.15, 0.2) is 0 Å². The van der Waals surface area contributed by atoms with Gasteiger partial charge in [-0.25, -0.2) is 0 Å². The summed E-state index contributed by atoms with van der Waals surface area (Å²) in [6.07, 6.45) is 17.9. The molecule has 0 N–H and O–H groups in total. The van der Waals surface area contributed by atoms with Gasteiger partial charge in [-0.15, -0.1) is 0 Å². The van der Waals surface area contributed by atoms with Gasteiger partial charge in [0.1, 0.15) is 0 Å². The van der Waals surface area contributed by atoms with E-state index in [4.69, 9.17) is 4.74 Å². The maximum atomic E-state index is 5.69. The molecule has 0 aromatic heterocycles. The number of hydrogen-bond acceptors (Lipinski definition) is 1. The fourth-order valence-electron chi connectivity index (χ4n) is 4.50. The maximum Gasteiger partial charge on any atom is 0.0721 e. The van der Waals surface area contributed by atoms with Crippen molar-refractivity contribution >= 4 is 0 Å². The summed E-state index contributed by atoms with van der Waals surface area (Å²) in [6, 6.07) is 18.1. The summed E-state index contributed by atoms with van der Waals surface area (Å²) < 4.78 is 5.69. The van der Waals surface area contributed by atoms with Crippen molar-refractivity contribution in [2.24, 2.45) is 5.92 Å². The molecule has 30 heavy (non-hydrogen) atoms. The SMILES string of the molecule is C/C=C/CCC1CCC(c2ccc(-c3ccc(COC/C=C/CC)cc3)cc2)CC1. The Kier molecular flexibility index (Phi) is 9.44. The van der Waals surface area contributed by atoms with Crippen molar-refractivity contribution in [3.05, 3.63) is 84.0 Å². The lowest BCUT2D eigenvalue weighted by Gasteiger charge is -2.28. The van der Waals surface area contributed by atoms with Crippen LogP contribution in [-0.2, 0) is 11.3 Å². The Labute approximate surface area is 183 Å². The highest BCUT2D eigenvalue weighted by Crippen LogP contribution is 2.38. The first-order chi connectivity index (χ1) is 14.8. The lowest BCUT2D eigenvalue weighted by Crippen LogP contribution is -2.13. The van der Waals surface area contributed by atoms with Crippen molar-refractivity contribution in [3.8, 4) is 11.1 Å². The van der Waals surface area contributed by atoms with Gasteiger partial charge in [0.2, 0.25) is 0 Å². The van der Waals surface area contributed by atoms with Crippen LogP contribution in [0, 0.1) is 5.92 Å². The van der Waals surface area contributed by atoms with E-state index in [-0.39, 0.29) is 0 Å². The predicted molar refractivity (Wildman–Crippen MR) is 130 cm³/mol. The van der Waals surface area contributed by atoms with Gasteiger partial charge in [0.05, 0.1) is 13.2 Å². The van der Waals surface area contributed by atoms with Gasteiger partial charge in [0.25, 0.3) is 0 Å². The fraction of sp³-hybridized carbons (Fsp3) is 0.448. The summed E-state index contributed by atoms with van der Waals surface area (Å²) in [5.41, 5.74) is 5.34. The van der Waals surface area contributed by atoms with Gasteiger partial charge in [-0.1, -0.05) is 79.8 Å². The van der Waals surface area contributed by atoms with Crippen molar-refractivity contribution in [2.75, 3.05) is 6.61 Å². The third-order valence-corrected chi connectivity index (χ3v) is 6.38. The number of ether oxygens (including phenoxy) is 1. The van der Waals surface area contributed by atoms with E-state index >= 15 is 0 Å². The van der Waals surface area contributed by atoms with E-state index in [1.54, 1.807) is 0 Å². The maximum absolute atomic E-state index is 5.69. The van der Waals surface area contributed by atoms with Crippen molar-refractivity contribution in [3.63, 3.8) is 0 Å². The van der Waals surface area contributed by atoms with Crippen LogP contribution < -0.4 is 0 Å². The molecule has 0 amide bonds. The summed E-state index contributed by atoms with van der Waals surface area (Å²) in [5, 5.41) is 0. The summed E-state index contributed by atoms with van der Waals surface area (Å²) in [7, 11) is 0. The number of allylic oxidation sites excluding steroid dienone is 3. The van der Waals surface area contributed by atoms with Crippen LogP contribution >= 0.6 is 0 Å². The predicted octanol–water partition coefficient (Wildman–Crippen LogP) is 8.47. The molecule has 0 heterocycles. The van der Waals surface area contributed by atoms with Crippen LogP contribution in [0.25, 0.3) is 11.1 Å². The molecule has 1 aliphatic rings. The van der Waals surface area contributed by atoms with E-state index < -0.39 is 0 Å². The minimum atomic E-state index is 0.671. The molecule has 1 saturated carbocycles. The second-order valence-electron chi connectivity index (χ2n) is 8.58. The molecule has 0 spiro atoms. The Bertz CT molecular complexity index is 774. The third-order valence-electron chi connectivity index (χ3n) is 6.38. The molecule has 0 unspecified atom stereocenters. The van der Waals surface area contributed by atoms with Gasteiger partial charge in [-0.2, -0.15) is 0 Å². The van der Waals surface area contributed by atoms with Gasteiger partial charge in [-0.3, -0.25) is 0 Å². The topological polar surface area (TPSA) is 9.23 Å². The van der Waals surface area contributed by atoms with E-state index in [2.05, 4.69) is 86.7 Å². The normalized spacial score (nSPS) is 19.7. The molecule has 160 valence electrons. The molecule has 1 aliphatic carbocycles. The minimum absolute atomic E-state index is 0.671. The Morgan fingerprint density at radius 2 is 1.50 bits per heavy atom. The highest BCUT2D eigenvalue weighted by molar-refractivity contribution is 5.64. The van der Waals surface area contributed by atoms with Crippen LogP contribution in [0.15, 0.2) is 72.8 Å². The molecule has 2 aromatic carbocycles. The van der Waals surface area contributed by atoms with Crippen LogP contribution in [0.4, 0.5) is 0 Å². The zero-order chi connectivity index (χ0) is 21.0. The molecule has 1 heteroatoms. The molecule has 0 saturated heterocycles. The summed E-state index contributed by atoms with van der Waals surface area (Å²) in [6.45, 7) is 5.62. The van der Waals surface area contributed by atoms with E-state index in [9.17, 15) is 0 Å². The first-order valence-corrected chi connectivity index (χ1v) is 11.8. The molecule has 2 aromatic rings. The number of hydrogen-bond donors (Lipinski definition) is 0. The van der Waals surface area contributed by atoms with E-state index in [1.807, 2.05) is 0 Å². The quantitative estimate of drug-likeness (QED) is 0.286. The molecule has 1 nitrogen and oxygen atoms in total. The summed E-state index contributed by atoms with van der Waals surface area (Å²) >= 11 is 0. The zero-order valence-corrected chi connectivity index (χ0v) is 18.9. The van der Waals surface area contributed by atoms with E-state index in [0.717, 1.165) is 18.3 Å². The van der Waals surface area contributed by atoms with Crippen molar-refractivity contribution in [1.29, 1.82) is 0 Å². The largest absolute Gasteiger partial charge is 0.373 e. The second-order valence-corrected chi connectivity index (χ2v) is 8.58.